The third-order valence-corrected chi connectivity index (χ3v) is 3.59. The summed E-state index contributed by atoms with van der Waals surface area (Å²) in [5.74, 6) is 2.74. The smallest absolute Gasteiger partial charge is 0.106 e. The topological polar surface area (TPSA) is 38.0 Å². The molecule has 0 atom stereocenters. The summed E-state index contributed by atoms with van der Waals surface area (Å²) in [5, 5.41) is 10.1. The number of hydrogen-bond acceptors (Lipinski definition) is 2. The molecule has 0 aliphatic rings. The first-order valence-electron chi connectivity index (χ1n) is 6.85. The third-order valence-electron chi connectivity index (χ3n) is 3.59. The van der Waals surface area contributed by atoms with Gasteiger partial charge in [-0.25, -0.2) is 0 Å². The molecule has 2 heterocycles. The van der Waals surface area contributed by atoms with Gasteiger partial charge in [0.05, 0.1) is 11.2 Å². The first kappa shape index (κ1) is 13.4. The zero-order valence-corrected chi connectivity index (χ0v) is 12.1. The summed E-state index contributed by atoms with van der Waals surface area (Å²) in [4.78, 5) is 4.40. The molecule has 104 valence electrons. The number of nitrogens with zero attached hydrogens (tertiary/aromatic N) is 2. The van der Waals surface area contributed by atoms with Gasteiger partial charge in [-0.15, -0.1) is 0 Å². The number of aliphatic hydroxyl groups excluding tert-OH is 1. The van der Waals surface area contributed by atoms with Crippen LogP contribution in [-0.4, -0.2) is 21.3 Å². The molecule has 1 N–H and O–H groups in total. The van der Waals surface area contributed by atoms with E-state index in [-0.39, 0.29) is 6.61 Å². The van der Waals surface area contributed by atoms with E-state index in [1.165, 1.54) is 0 Å². The lowest BCUT2D eigenvalue weighted by atomic mass is 10.0. The molecule has 3 nitrogen and oxygen atoms in total. The summed E-state index contributed by atoms with van der Waals surface area (Å²) in [6.45, 7) is 3.92. The fourth-order valence-corrected chi connectivity index (χ4v) is 2.66. The Morgan fingerprint density at radius 3 is 2.76 bits per heavy atom. The summed E-state index contributed by atoms with van der Waals surface area (Å²) in [6, 6.07) is 15.3. The lowest BCUT2D eigenvalue weighted by molar-refractivity contribution is 0.350. The Balaban J connectivity index is 2.37. The fourth-order valence-electron chi connectivity index (χ4n) is 2.66. The van der Waals surface area contributed by atoms with Crippen molar-refractivity contribution in [3.63, 3.8) is 0 Å². The number of pyridine rings is 1. The number of benzene rings is 1. The van der Waals surface area contributed by atoms with E-state index in [1.54, 1.807) is 0 Å². The number of fused-ring (bicyclic) bond motifs is 1. The predicted molar refractivity (Wildman–Crippen MR) is 84.9 cm³/mol. The first-order chi connectivity index (χ1) is 10.2. The van der Waals surface area contributed by atoms with Crippen molar-refractivity contribution < 1.29 is 5.11 Å². The second-order valence-corrected chi connectivity index (χ2v) is 4.96. The van der Waals surface area contributed by atoms with Crippen molar-refractivity contribution in [1.29, 1.82) is 0 Å². The lowest BCUT2D eigenvalue weighted by Crippen LogP contribution is -1.98. The maximum absolute atomic E-state index is 9.01. The van der Waals surface area contributed by atoms with E-state index in [1.807, 2.05) is 42.0 Å². The maximum atomic E-state index is 9.01. The molecule has 0 aliphatic heterocycles. The normalized spacial score (nSPS) is 10.4. The van der Waals surface area contributed by atoms with Crippen LogP contribution in [0.25, 0.3) is 22.2 Å². The van der Waals surface area contributed by atoms with Crippen LogP contribution in [0.4, 0.5) is 0 Å². The van der Waals surface area contributed by atoms with Crippen LogP contribution in [0.2, 0.25) is 0 Å². The molecule has 21 heavy (non-hydrogen) atoms. The first-order valence-corrected chi connectivity index (χ1v) is 6.85. The van der Waals surface area contributed by atoms with E-state index in [9.17, 15) is 0 Å². The highest BCUT2D eigenvalue weighted by atomic mass is 16.2. The van der Waals surface area contributed by atoms with Crippen molar-refractivity contribution in [2.75, 3.05) is 6.61 Å². The van der Waals surface area contributed by atoms with Crippen LogP contribution in [0.5, 0.6) is 0 Å². The van der Waals surface area contributed by atoms with Crippen molar-refractivity contribution in [1.82, 2.24) is 9.55 Å². The summed E-state index contributed by atoms with van der Waals surface area (Å²) < 4.78 is 1.93. The van der Waals surface area contributed by atoms with Crippen molar-refractivity contribution >= 4 is 10.9 Å². The molecule has 0 saturated heterocycles. The molecule has 2 aromatic heterocycles. The Morgan fingerprint density at radius 2 is 2.00 bits per heavy atom. The van der Waals surface area contributed by atoms with E-state index in [2.05, 4.69) is 36.0 Å². The molecule has 0 saturated carbocycles. The molecule has 0 spiro atoms. The minimum absolute atomic E-state index is 0.156. The molecule has 0 amide bonds. The van der Waals surface area contributed by atoms with E-state index in [4.69, 9.17) is 5.11 Å². The summed E-state index contributed by atoms with van der Waals surface area (Å²) >= 11 is 0. The van der Waals surface area contributed by atoms with Gasteiger partial charge in [0.2, 0.25) is 0 Å². The minimum Gasteiger partial charge on any atom is -0.384 e. The zero-order chi connectivity index (χ0) is 14.8. The number of aromatic nitrogens is 2. The van der Waals surface area contributed by atoms with Gasteiger partial charge in [-0.05, 0) is 37.6 Å². The number of rotatable bonds is 1. The average molecular weight is 276 g/mol. The molecule has 3 rings (SSSR count). The minimum atomic E-state index is -0.156. The Hall–Kier alpha value is -2.57. The largest absolute Gasteiger partial charge is 0.384 e. The predicted octanol–water partition coefficient (Wildman–Crippen LogP) is 3.12. The number of para-hydroxylation sites is 1. The van der Waals surface area contributed by atoms with Gasteiger partial charge in [-0.1, -0.05) is 24.1 Å². The van der Waals surface area contributed by atoms with Crippen LogP contribution in [0.3, 0.4) is 0 Å². The number of aryl methyl sites for hydroxylation is 2. The van der Waals surface area contributed by atoms with Gasteiger partial charge in [0.1, 0.15) is 6.61 Å². The van der Waals surface area contributed by atoms with Crippen LogP contribution in [0.1, 0.15) is 11.3 Å². The lowest BCUT2D eigenvalue weighted by Gasteiger charge is -2.09. The van der Waals surface area contributed by atoms with Crippen molar-refractivity contribution in [3.05, 3.63) is 53.9 Å². The number of hydrogen-bond donors (Lipinski definition) is 1. The maximum Gasteiger partial charge on any atom is 0.106 e. The highest BCUT2D eigenvalue weighted by Crippen LogP contribution is 2.31. The fraction of sp³-hybridized carbons (Fsp3) is 0.167. The van der Waals surface area contributed by atoms with Crippen LogP contribution in [0, 0.1) is 25.8 Å². The molecular weight excluding hydrogens is 260 g/mol. The average Bonchev–Trinajstić information content (AvgIpc) is 2.83. The molecule has 0 aliphatic carbocycles. The monoisotopic (exact) mass is 276 g/mol. The van der Waals surface area contributed by atoms with Crippen molar-refractivity contribution in [3.8, 4) is 23.2 Å². The standard InChI is InChI=1S/C18H16N2O/c1-13-8-9-19-14(2)18(13)17-12-15-6-3-4-7-16(15)20(17)10-5-11-21/h3-4,6-9,12,21H,11H2,1-2H3. The molecule has 1 aromatic carbocycles. The molecule has 0 radical (unpaired) electrons. The van der Waals surface area contributed by atoms with Gasteiger partial charge in [0.25, 0.3) is 0 Å². The molecule has 0 bridgehead atoms. The second-order valence-electron chi connectivity index (χ2n) is 4.96. The second kappa shape index (κ2) is 5.43. The summed E-state index contributed by atoms with van der Waals surface area (Å²) in [6.07, 6.45) is 1.82. The third kappa shape index (κ3) is 2.31. The Bertz CT molecular complexity index is 846. The Labute approximate surface area is 123 Å². The van der Waals surface area contributed by atoms with Gasteiger partial charge in [0, 0.05) is 28.9 Å². The van der Waals surface area contributed by atoms with Gasteiger partial charge in [0.15, 0.2) is 0 Å². The molecule has 3 heteroatoms. The highest BCUT2D eigenvalue weighted by Gasteiger charge is 2.13. The summed E-state index contributed by atoms with van der Waals surface area (Å²) in [7, 11) is 0. The zero-order valence-electron chi connectivity index (χ0n) is 12.1. The van der Waals surface area contributed by atoms with E-state index in [0.717, 1.165) is 33.4 Å². The Morgan fingerprint density at radius 1 is 1.19 bits per heavy atom. The van der Waals surface area contributed by atoms with Crippen LogP contribution < -0.4 is 0 Å². The van der Waals surface area contributed by atoms with Gasteiger partial charge in [-0.2, -0.15) is 0 Å². The molecule has 0 fully saturated rings. The number of aliphatic hydroxyl groups is 1. The van der Waals surface area contributed by atoms with Gasteiger partial charge >= 0.3 is 0 Å². The SMILES string of the molecule is Cc1ccnc(C)c1-c1cc2ccccc2n1C#CCO. The Kier molecular flexibility index (Phi) is 3.47. The van der Waals surface area contributed by atoms with Gasteiger partial charge in [-0.3, -0.25) is 9.55 Å². The van der Waals surface area contributed by atoms with E-state index >= 15 is 0 Å². The van der Waals surface area contributed by atoms with Crippen molar-refractivity contribution in [2.45, 2.75) is 13.8 Å². The van der Waals surface area contributed by atoms with E-state index < -0.39 is 0 Å². The molecule has 3 aromatic rings. The highest BCUT2D eigenvalue weighted by molar-refractivity contribution is 5.89. The van der Waals surface area contributed by atoms with Gasteiger partial charge < -0.3 is 5.11 Å². The quantitative estimate of drug-likeness (QED) is 0.693. The van der Waals surface area contributed by atoms with Crippen molar-refractivity contribution in [2.24, 2.45) is 0 Å². The van der Waals surface area contributed by atoms with E-state index in [0.29, 0.717) is 0 Å². The van der Waals surface area contributed by atoms with Crippen LogP contribution in [0.15, 0.2) is 42.6 Å². The molecular formula is C18H16N2O. The van der Waals surface area contributed by atoms with Crippen LogP contribution >= 0.6 is 0 Å². The molecule has 0 unspecified atom stereocenters. The summed E-state index contributed by atoms with van der Waals surface area (Å²) in [5.41, 5.74) is 5.29. The van der Waals surface area contributed by atoms with Crippen LogP contribution in [-0.2, 0) is 0 Å².